The molecule has 0 radical (unpaired) electrons. The monoisotopic (exact) mass is 272 g/mol. The minimum absolute atomic E-state index is 0.0110. The number of carbonyl (C=O) groups excluding carboxylic acids is 1. The van der Waals surface area contributed by atoms with E-state index >= 15 is 0 Å². The van der Waals surface area contributed by atoms with Gasteiger partial charge in [0.1, 0.15) is 4.90 Å². The number of carbonyl (C=O) groups is 1. The van der Waals surface area contributed by atoms with Crippen molar-refractivity contribution in [1.29, 1.82) is 0 Å². The Hall–Kier alpha value is -1.41. The number of hydrogen-bond acceptors (Lipinski definition) is 4. The molecule has 1 aliphatic rings. The van der Waals surface area contributed by atoms with Crippen molar-refractivity contribution < 1.29 is 13.2 Å². The molecule has 0 aromatic carbocycles. The van der Waals surface area contributed by atoms with E-state index in [0.717, 1.165) is 25.7 Å². The van der Waals surface area contributed by atoms with E-state index in [1.807, 2.05) is 0 Å². The van der Waals surface area contributed by atoms with Gasteiger partial charge in [0.15, 0.2) is 5.82 Å². The van der Waals surface area contributed by atoms with Crippen molar-refractivity contribution in [2.24, 2.45) is 18.1 Å². The van der Waals surface area contributed by atoms with Gasteiger partial charge < -0.3 is 5.32 Å². The second kappa shape index (κ2) is 4.69. The molecule has 8 heteroatoms. The third-order valence-electron chi connectivity index (χ3n) is 3.07. The predicted octanol–water partition coefficient (Wildman–Crippen LogP) is 0.196. The van der Waals surface area contributed by atoms with Crippen molar-refractivity contribution in [3.63, 3.8) is 0 Å². The SMILES string of the molecule is Cn1cc(S(N)(=O)=O)c(NC(=O)C2CCCC2)n1. The normalized spacial score (nSPS) is 17.0. The van der Waals surface area contributed by atoms with Crippen LogP contribution in [0, 0.1) is 5.92 Å². The van der Waals surface area contributed by atoms with Crippen LogP contribution in [0.2, 0.25) is 0 Å². The van der Waals surface area contributed by atoms with Crippen molar-refractivity contribution in [2.45, 2.75) is 30.6 Å². The van der Waals surface area contributed by atoms with Gasteiger partial charge in [-0.25, -0.2) is 13.6 Å². The average Bonchev–Trinajstić information content (AvgIpc) is 2.85. The molecule has 0 spiro atoms. The van der Waals surface area contributed by atoms with Crippen molar-refractivity contribution in [3.05, 3.63) is 6.20 Å². The summed E-state index contributed by atoms with van der Waals surface area (Å²) in [5.74, 6) is -0.228. The van der Waals surface area contributed by atoms with Gasteiger partial charge in [0.2, 0.25) is 15.9 Å². The van der Waals surface area contributed by atoms with Crippen LogP contribution in [-0.2, 0) is 21.9 Å². The molecular formula is C10H16N4O3S. The van der Waals surface area contributed by atoms with Crippen LogP contribution in [0.3, 0.4) is 0 Å². The summed E-state index contributed by atoms with van der Waals surface area (Å²) in [5, 5.41) is 11.5. The summed E-state index contributed by atoms with van der Waals surface area (Å²) in [6.07, 6.45) is 5.01. The van der Waals surface area contributed by atoms with Crippen molar-refractivity contribution >= 4 is 21.7 Å². The zero-order valence-corrected chi connectivity index (χ0v) is 10.9. The summed E-state index contributed by atoms with van der Waals surface area (Å²) >= 11 is 0. The molecule has 1 aliphatic carbocycles. The Bertz CT molecular complexity index is 558. The second-order valence-corrected chi connectivity index (χ2v) is 6.06. The van der Waals surface area contributed by atoms with Crippen LogP contribution in [0.1, 0.15) is 25.7 Å². The number of aromatic nitrogens is 2. The lowest BCUT2D eigenvalue weighted by Gasteiger charge is -2.08. The topological polar surface area (TPSA) is 107 Å². The van der Waals surface area contributed by atoms with Gasteiger partial charge in [0, 0.05) is 19.2 Å². The fourth-order valence-corrected chi connectivity index (χ4v) is 2.83. The van der Waals surface area contributed by atoms with E-state index in [9.17, 15) is 13.2 Å². The zero-order valence-electron chi connectivity index (χ0n) is 10.1. The Morgan fingerprint density at radius 1 is 1.50 bits per heavy atom. The summed E-state index contributed by atoms with van der Waals surface area (Å²) in [7, 11) is -2.31. The highest BCUT2D eigenvalue weighted by molar-refractivity contribution is 7.89. The first-order chi connectivity index (χ1) is 8.38. The van der Waals surface area contributed by atoms with Crippen molar-refractivity contribution in [3.8, 4) is 0 Å². The lowest BCUT2D eigenvalue weighted by Crippen LogP contribution is -2.22. The van der Waals surface area contributed by atoms with Gasteiger partial charge in [0.25, 0.3) is 0 Å². The van der Waals surface area contributed by atoms with Crippen LogP contribution in [0.15, 0.2) is 11.1 Å². The highest BCUT2D eigenvalue weighted by atomic mass is 32.2. The largest absolute Gasteiger partial charge is 0.308 e. The molecular weight excluding hydrogens is 256 g/mol. The van der Waals surface area contributed by atoms with E-state index in [4.69, 9.17) is 5.14 Å². The molecule has 1 amide bonds. The Morgan fingerprint density at radius 3 is 2.67 bits per heavy atom. The maximum absolute atomic E-state index is 11.9. The van der Waals surface area contributed by atoms with Gasteiger partial charge >= 0.3 is 0 Å². The molecule has 100 valence electrons. The van der Waals surface area contributed by atoms with Gasteiger partial charge in [0.05, 0.1) is 0 Å². The average molecular weight is 272 g/mol. The van der Waals surface area contributed by atoms with E-state index in [1.165, 1.54) is 10.9 Å². The van der Waals surface area contributed by atoms with Crippen molar-refractivity contribution in [1.82, 2.24) is 9.78 Å². The van der Waals surface area contributed by atoms with E-state index in [-0.39, 0.29) is 22.5 Å². The third-order valence-corrected chi connectivity index (χ3v) is 3.98. The first-order valence-corrected chi connectivity index (χ1v) is 7.30. The van der Waals surface area contributed by atoms with Crippen molar-refractivity contribution in [2.75, 3.05) is 5.32 Å². The number of nitrogens with one attached hydrogen (secondary N) is 1. The first kappa shape index (κ1) is 13.0. The van der Waals surface area contributed by atoms with Gasteiger partial charge in [-0.1, -0.05) is 12.8 Å². The van der Waals surface area contributed by atoms with Gasteiger partial charge in [-0.2, -0.15) is 5.10 Å². The Morgan fingerprint density at radius 2 is 2.11 bits per heavy atom. The number of primary sulfonamides is 1. The standard InChI is InChI=1S/C10H16N4O3S/c1-14-6-8(18(11,16)17)9(13-14)12-10(15)7-4-2-3-5-7/h6-7H,2-5H2,1H3,(H2,11,16,17)(H,12,13,15). The predicted molar refractivity (Wildman–Crippen MR) is 65.2 cm³/mol. The molecule has 0 aliphatic heterocycles. The van der Waals surface area contributed by atoms with Gasteiger partial charge in [-0.15, -0.1) is 0 Å². The molecule has 1 saturated carbocycles. The van der Waals surface area contributed by atoms with Gasteiger partial charge in [-0.05, 0) is 12.8 Å². The zero-order chi connectivity index (χ0) is 13.3. The Kier molecular flexibility index (Phi) is 3.40. The number of anilines is 1. The molecule has 0 atom stereocenters. The summed E-state index contributed by atoms with van der Waals surface area (Å²) in [6.45, 7) is 0. The number of sulfonamides is 1. The minimum atomic E-state index is -3.88. The highest BCUT2D eigenvalue weighted by Gasteiger charge is 2.26. The summed E-state index contributed by atoms with van der Waals surface area (Å²) in [6, 6.07) is 0. The van der Waals surface area contributed by atoms with E-state index in [2.05, 4.69) is 10.4 Å². The summed E-state index contributed by atoms with van der Waals surface area (Å²) in [5.41, 5.74) is 0. The number of aryl methyl sites for hydroxylation is 1. The number of nitrogens with zero attached hydrogens (tertiary/aromatic N) is 2. The smallest absolute Gasteiger partial charge is 0.243 e. The number of amides is 1. The molecule has 18 heavy (non-hydrogen) atoms. The van der Waals surface area contributed by atoms with Crippen LogP contribution < -0.4 is 10.5 Å². The van der Waals surface area contributed by atoms with Crippen LogP contribution >= 0.6 is 0 Å². The van der Waals surface area contributed by atoms with E-state index in [1.54, 1.807) is 7.05 Å². The second-order valence-electron chi connectivity index (χ2n) is 4.53. The third kappa shape index (κ3) is 2.70. The van der Waals surface area contributed by atoms with Crippen LogP contribution in [-0.4, -0.2) is 24.1 Å². The number of hydrogen-bond donors (Lipinski definition) is 2. The molecule has 1 aromatic heterocycles. The van der Waals surface area contributed by atoms with Crippen LogP contribution in [0.25, 0.3) is 0 Å². The molecule has 0 saturated heterocycles. The lowest BCUT2D eigenvalue weighted by atomic mass is 10.1. The Balaban J connectivity index is 2.21. The summed E-state index contributed by atoms with van der Waals surface area (Å²) < 4.78 is 24.0. The maximum atomic E-state index is 11.9. The minimum Gasteiger partial charge on any atom is -0.308 e. The number of nitrogens with two attached hydrogens (primary N) is 1. The Labute approximate surface area is 105 Å². The maximum Gasteiger partial charge on any atom is 0.243 e. The van der Waals surface area contributed by atoms with E-state index < -0.39 is 10.0 Å². The quantitative estimate of drug-likeness (QED) is 0.819. The molecule has 0 bridgehead atoms. The fraction of sp³-hybridized carbons (Fsp3) is 0.600. The molecule has 3 N–H and O–H groups in total. The summed E-state index contributed by atoms with van der Waals surface area (Å²) in [4.78, 5) is 11.8. The molecule has 2 rings (SSSR count). The first-order valence-electron chi connectivity index (χ1n) is 5.75. The molecule has 0 unspecified atom stereocenters. The molecule has 7 nitrogen and oxygen atoms in total. The van der Waals surface area contributed by atoms with Gasteiger partial charge in [-0.3, -0.25) is 9.48 Å². The lowest BCUT2D eigenvalue weighted by molar-refractivity contribution is -0.119. The molecule has 1 heterocycles. The fourth-order valence-electron chi connectivity index (χ4n) is 2.17. The number of rotatable bonds is 3. The highest BCUT2D eigenvalue weighted by Crippen LogP contribution is 2.26. The van der Waals surface area contributed by atoms with E-state index in [0.29, 0.717) is 0 Å². The molecule has 1 aromatic rings. The molecule has 1 fully saturated rings. The van der Waals surface area contributed by atoms with Crippen LogP contribution in [0.5, 0.6) is 0 Å². The van der Waals surface area contributed by atoms with Crippen LogP contribution in [0.4, 0.5) is 5.82 Å².